The van der Waals surface area contributed by atoms with Gasteiger partial charge in [0, 0.05) is 5.92 Å². The average molecular weight is 347 g/mol. The average Bonchev–Trinajstić information content (AvgIpc) is 2.92. The summed E-state index contributed by atoms with van der Waals surface area (Å²) in [7, 11) is -1.83. The lowest BCUT2D eigenvalue weighted by Crippen LogP contribution is -2.43. The molecule has 0 aromatic heterocycles. The first-order valence-corrected chi connectivity index (χ1v) is 12.0. The summed E-state index contributed by atoms with van der Waals surface area (Å²) in [5.41, 5.74) is 4.16. The first-order chi connectivity index (χ1) is 11.8. The van der Waals surface area contributed by atoms with E-state index in [2.05, 4.69) is 94.6 Å². The van der Waals surface area contributed by atoms with Gasteiger partial charge in [0.15, 0.2) is 0 Å². The van der Waals surface area contributed by atoms with Crippen molar-refractivity contribution in [3.05, 3.63) is 71.3 Å². The minimum Gasteiger partial charge on any atom is -0.543 e. The molecule has 2 aromatic rings. The maximum Gasteiger partial charge on any atom is 0.250 e. The molecule has 2 heteroatoms. The van der Waals surface area contributed by atoms with Crippen molar-refractivity contribution in [3.8, 4) is 5.75 Å². The number of rotatable bonds is 2. The fourth-order valence-electron chi connectivity index (χ4n) is 3.43. The SMILES string of the molecule is CC(C)(C)[Si](C)(C)Oc1ccc2ccc3c(c2c1)C=C1C=CC=CC13. The van der Waals surface area contributed by atoms with Gasteiger partial charge in [-0.3, -0.25) is 0 Å². The zero-order valence-corrected chi connectivity index (χ0v) is 16.8. The second kappa shape index (κ2) is 5.47. The largest absolute Gasteiger partial charge is 0.543 e. The highest BCUT2D eigenvalue weighted by molar-refractivity contribution is 6.74. The van der Waals surface area contributed by atoms with Crippen molar-refractivity contribution in [1.29, 1.82) is 0 Å². The number of hydrogen-bond acceptors (Lipinski definition) is 1. The van der Waals surface area contributed by atoms with Crippen LogP contribution in [0.2, 0.25) is 18.1 Å². The first-order valence-electron chi connectivity index (χ1n) is 9.08. The molecule has 0 spiro atoms. The summed E-state index contributed by atoms with van der Waals surface area (Å²) in [5.74, 6) is 1.42. The van der Waals surface area contributed by atoms with Crippen molar-refractivity contribution in [2.75, 3.05) is 0 Å². The lowest BCUT2D eigenvalue weighted by Gasteiger charge is -2.36. The molecule has 1 nitrogen and oxygen atoms in total. The number of fused-ring (bicyclic) bond motifs is 5. The third-order valence-corrected chi connectivity index (χ3v) is 10.3. The molecule has 25 heavy (non-hydrogen) atoms. The summed E-state index contributed by atoms with van der Waals surface area (Å²) in [6, 6.07) is 11.1. The summed E-state index contributed by atoms with van der Waals surface area (Å²) >= 11 is 0. The van der Waals surface area contributed by atoms with Crippen LogP contribution in [0.3, 0.4) is 0 Å². The lowest BCUT2D eigenvalue weighted by atomic mass is 9.91. The van der Waals surface area contributed by atoms with E-state index < -0.39 is 8.32 Å². The van der Waals surface area contributed by atoms with Crippen LogP contribution in [0, 0.1) is 0 Å². The Morgan fingerprint density at radius 3 is 2.52 bits per heavy atom. The summed E-state index contributed by atoms with van der Waals surface area (Å²) < 4.78 is 6.54. The molecule has 1 unspecified atom stereocenters. The van der Waals surface area contributed by atoms with Gasteiger partial charge in [0.1, 0.15) is 5.75 Å². The normalized spacial score (nSPS) is 18.9. The molecule has 0 radical (unpaired) electrons. The molecule has 4 rings (SSSR count). The van der Waals surface area contributed by atoms with Gasteiger partial charge in [0.2, 0.25) is 8.32 Å². The van der Waals surface area contributed by atoms with Crippen LogP contribution in [0.25, 0.3) is 16.8 Å². The molecule has 0 saturated carbocycles. The molecule has 128 valence electrons. The summed E-state index contributed by atoms with van der Waals surface area (Å²) in [4.78, 5) is 0. The van der Waals surface area contributed by atoms with Gasteiger partial charge in [-0.2, -0.15) is 0 Å². The highest BCUT2D eigenvalue weighted by atomic mass is 28.4. The molecule has 0 bridgehead atoms. The Balaban J connectivity index is 1.81. The van der Waals surface area contributed by atoms with E-state index in [0.717, 1.165) is 5.75 Å². The minimum absolute atomic E-state index is 0.201. The van der Waals surface area contributed by atoms with Crippen molar-refractivity contribution < 1.29 is 4.43 Å². The molecule has 0 heterocycles. The van der Waals surface area contributed by atoms with Crippen LogP contribution in [-0.2, 0) is 0 Å². The van der Waals surface area contributed by atoms with Crippen molar-refractivity contribution in [3.63, 3.8) is 0 Å². The van der Waals surface area contributed by atoms with E-state index in [9.17, 15) is 0 Å². The van der Waals surface area contributed by atoms with Crippen molar-refractivity contribution in [2.24, 2.45) is 0 Å². The Hall–Kier alpha value is -2.06. The molecular formula is C23H26OSi. The zero-order chi connectivity index (χ0) is 17.8. The van der Waals surface area contributed by atoms with Gasteiger partial charge in [0.05, 0.1) is 0 Å². The van der Waals surface area contributed by atoms with E-state index in [1.807, 2.05) is 0 Å². The topological polar surface area (TPSA) is 9.23 Å². The molecular weight excluding hydrogens is 320 g/mol. The third kappa shape index (κ3) is 2.69. The van der Waals surface area contributed by atoms with Gasteiger partial charge in [-0.1, -0.05) is 63.3 Å². The minimum atomic E-state index is -1.83. The van der Waals surface area contributed by atoms with Crippen LogP contribution < -0.4 is 4.43 Å². The molecule has 2 aliphatic rings. The Morgan fingerprint density at radius 2 is 1.76 bits per heavy atom. The van der Waals surface area contributed by atoms with E-state index in [1.54, 1.807) is 0 Å². The number of hydrogen-bond donors (Lipinski definition) is 0. The molecule has 2 aromatic carbocycles. The van der Waals surface area contributed by atoms with Gasteiger partial charge in [0.25, 0.3) is 0 Å². The summed E-state index contributed by atoms with van der Waals surface area (Å²) in [6.45, 7) is 11.5. The van der Waals surface area contributed by atoms with Crippen LogP contribution in [0.1, 0.15) is 37.8 Å². The van der Waals surface area contributed by atoms with Gasteiger partial charge in [-0.05, 0) is 63.8 Å². The second-order valence-electron chi connectivity index (χ2n) is 8.68. The van der Waals surface area contributed by atoms with Crippen LogP contribution >= 0.6 is 0 Å². The monoisotopic (exact) mass is 346 g/mol. The third-order valence-electron chi connectivity index (χ3n) is 5.96. The van der Waals surface area contributed by atoms with Crippen LogP contribution in [0.5, 0.6) is 5.75 Å². The van der Waals surface area contributed by atoms with Gasteiger partial charge in [-0.25, -0.2) is 0 Å². The number of allylic oxidation sites excluding steroid dienone is 5. The molecule has 2 aliphatic carbocycles. The van der Waals surface area contributed by atoms with E-state index >= 15 is 0 Å². The molecule has 0 amide bonds. The van der Waals surface area contributed by atoms with Crippen molar-refractivity contribution >= 4 is 25.2 Å². The van der Waals surface area contributed by atoms with Gasteiger partial charge < -0.3 is 4.43 Å². The fourth-order valence-corrected chi connectivity index (χ4v) is 4.45. The first kappa shape index (κ1) is 16.4. The van der Waals surface area contributed by atoms with Gasteiger partial charge in [-0.15, -0.1) is 0 Å². The fraction of sp³-hybridized carbons (Fsp3) is 0.304. The molecule has 0 fully saturated rings. The maximum absolute atomic E-state index is 6.54. The summed E-state index contributed by atoms with van der Waals surface area (Å²) in [5, 5.41) is 2.79. The van der Waals surface area contributed by atoms with E-state index in [4.69, 9.17) is 4.43 Å². The molecule has 0 N–H and O–H groups in total. The van der Waals surface area contributed by atoms with Gasteiger partial charge >= 0.3 is 0 Å². The van der Waals surface area contributed by atoms with E-state index in [-0.39, 0.29) is 5.04 Å². The lowest BCUT2D eigenvalue weighted by molar-refractivity contribution is 0.493. The Morgan fingerprint density at radius 1 is 1.00 bits per heavy atom. The van der Waals surface area contributed by atoms with Crippen LogP contribution in [0.15, 0.2) is 60.2 Å². The van der Waals surface area contributed by atoms with E-state index in [0.29, 0.717) is 5.92 Å². The second-order valence-corrected chi connectivity index (χ2v) is 13.4. The van der Waals surface area contributed by atoms with Crippen molar-refractivity contribution in [2.45, 2.75) is 44.8 Å². The highest BCUT2D eigenvalue weighted by Crippen LogP contribution is 2.44. The highest BCUT2D eigenvalue weighted by Gasteiger charge is 2.39. The zero-order valence-electron chi connectivity index (χ0n) is 15.8. The standard InChI is InChI=1S/C23H26OSi/c1-23(2,3)25(4,5)24-18-12-10-16-11-13-20-19-9-7-6-8-17(19)14-22(20)21(16)15-18/h6-15,19H,1-5H3. The Bertz CT molecular complexity index is 938. The van der Waals surface area contributed by atoms with Crippen LogP contribution in [-0.4, -0.2) is 8.32 Å². The molecule has 1 atom stereocenters. The maximum atomic E-state index is 6.54. The van der Waals surface area contributed by atoms with Crippen LogP contribution in [0.4, 0.5) is 0 Å². The number of benzene rings is 2. The molecule has 0 saturated heterocycles. The predicted molar refractivity (Wildman–Crippen MR) is 111 cm³/mol. The smallest absolute Gasteiger partial charge is 0.250 e. The Kier molecular flexibility index (Phi) is 3.59. The Labute approximate surface area is 151 Å². The summed E-state index contributed by atoms with van der Waals surface area (Å²) in [6.07, 6.45) is 11.1. The van der Waals surface area contributed by atoms with E-state index in [1.165, 1.54) is 27.5 Å². The quantitative estimate of drug-likeness (QED) is 0.541. The molecule has 0 aliphatic heterocycles. The predicted octanol–water partition coefficient (Wildman–Crippen LogP) is 6.83. The van der Waals surface area contributed by atoms with Crippen molar-refractivity contribution in [1.82, 2.24) is 0 Å².